The molecule has 1 unspecified atom stereocenters. The molecule has 0 radical (unpaired) electrons. The summed E-state index contributed by atoms with van der Waals surface area (Å²) in [5.74, 6) is -0.393. The van der Waals surface area contributed by atoms with Gasteiger partial charge in [0.05, 0.1) is 13.6 Å². The predicted octanol–water partition coefficient (Wildman–Crippen LogP) is 1.67. The van der Waals surface area contributed by atoms with Crippen molar-refractivity contribution < 1.29 is 14.5 Å². The van der Waals surface area contributed by atoms with Gasteiger partial charge in [-0.3, -0.25) is 9.59 Å². The molecule has 0 bridgehead atoms. The first-order valence-electron chi connectivity index (χ1n) is 8.68. The first kappa shape index (κ1) is 19.9. The fourth-order valence-corrected chi connectivity index (χ4v) is 2.93. The Morgan fingerprint density at radius 2 is 1.85 bits per heavy atom. The van der Waals surface area contributed by atoms with Crippen LogP contribution in [0.2, 0.25) is 5.02 Å². The van der Waals surface area contributed by atoms with Crippen molar-refractivity contribution in [3.63, 3.8) is 0 Å². The normalized spacial score (nSPS) is 11.7. The monoisotopic (exact) mass is 374 g/mol. The summed E-state index contributed by atoms with van der Waals surface area (Å²) in [5.41, 5.74) is 2.92. The summed E-state index contributed by atoms with van der Waals surface area (Å²) in [6.45, 7) is 2.96. The number of para-hydroxylation sites is 1. The van der Waals surface area contributed by atoms with E-state index in [1.165, 1.54) is 0 Å². The van der Waals surface area contributed by atoms with E-state index in [0.29, 0.717) is 11.6 Å². The number of amides is 2. The van der Waals surface area contributed by atoms with Gasteiger partial charge in [0, 0.05) is 16.3 Å². The van der Waals surface area contributed by atoms with Crippen LogP contribution in [0.4, 0.5) is 5.69 Å². The minimum atomic E-state index is -0.230. The highest BCUT2D eigenvalue weighted by Crippen LogP contribution is 2.14. The average Bonchev–Trinajstić information content (AvgIpc) is 2.60. The molecule has 1 atom stereocenters. The number of aryl methyl sites for hydroxylation is 1. The number of quaternary nitrogens is 1. The largest absolute Gasteiger partial charge is 0.342 e. The molecule has 0 aromatic heterocycles. The van der Waals surface area contributed by atoms with Crippen LogP contribution in [-0.2, 0) is 22.6 Å². The molecule has 2 aromatic carbocycles. The second kappa shape index (κ2) is 9.94. The van der Waals surface area contributed by atoms with E-state index >= 15 is 0 Å². The van der Waals surface area contributed by atoms with Gasteiger partial charge in [-0.1, -0.05) is 48.9 Å². The van der Waals surface area contributed by atoms with Crippen molar-refractivity contribution in [1.82, 2.24) is 5.32 Å². The molecule has 0 aliphatic rings. The van der Waals surface area contributed by atoms with Crippen molar-refractivity contribution in [3.8, 4) is 0 Å². The van der Waals surface area contributed by atoms with Crippen LogP contribution in [0.5, 0.6) is 0 Å². The Labute approximate surface area is 159 Å². The van der Waals surface area contributed by atoms with E-state index in [0.717, 1.165) is 28.1 Å². The maximum absolute atomic E-state index is 12.1. The van der Waals surface area contributed by atoms with Crippen molar-refractivity contribution in [2.45, 2.75) is 19.9 Å². The number of benzene rings is 2. The van der Waals surface area contributed by atoms with Crippen LogP contribution in [0, 0.1) is 0 Å². The zero-order valence-electron chi connectivity index (χ0n) is 15.1. The number of rotatable bonds is 8. The van der Waals surface area contributed by atoms with Crippen LogP contribution < -0.4 is 15.5 Å². The van der Waals surface area contributed by atoms with Gasteiger partial charge in [0.25, 0.3) is 5.91 Å². The topological polar surface area (TPSA) is 62.6 Å². The summed E-state index contributed by atoms with van der Waals surface area (Å²) in [6.07, 6.45) is 0.834. The molecule has 0 aliphatic heterocycles. The van der Waals surface area contributed by atoms with Crippen molar-refractivity contribution >= 4 is 29.1 Å². The van der Waals surface area contributed by atoms with Gasteiger partial charge in [0.15, 0.2) is 6.54 Å². The molecule has 0 spiro atoms. The summed E-state index contributed by atoms with van der Waals surface area (Å²) in [5, 5.41) is 6.20. The highest BCUT2D eigenvalue weighted by atomic mass is 35.5. The Balaban J connectivity index is 1.76. The van der Waals surface area contributed by atoms with Crippen LogP contribution in [0.3, 0.4) is 0 Å². The van der Waals surface area contributed by atoms with Gasteiger partial charge < -0.3 is 15.5 Å². The first-order chi connectivity index (χ1) is 12.5. The lowest BCUT2D eigenvalue weighted by atomic mass is 10.1. The molecule has 2 amide bonds. The minimum Gasteiger partial charge on any atom is -0.342 e. The maximum atomic E-state index is 12.1. The van der Waals surface area contributed by atoms with E-state index < -0.39 is 0 Å². The summed E-state index contributed by atoms with van der Waals surface area (Å²) in [7, 11) is 1.93. The SMILES string of the molecule is CCc1ccccc1NC(=O)CNC(=O)C[NH+](C)Cc1cccc(Cl)c1. The molecule has 0 heterocycles. The highest BCUT2D eigenvalue weighted by Gasteiger charge is 2.12. The third-order valence-electron chi connectivity index (χ3n) is 3.98. The number of likely N-dealkylation sites (N-methyl/N-ethyl adjacent to an activating group) is 1. The fraction of sp³-hybridized carbons (Fsp3) is 0.300. The standard InChI is InChI=1S/C20H24ClN3O2/c1-3-16-8-4-5-10-18(16)23-19(25)12-22-20(26)14-24(2)13-15-7-6-9-17(21)11-15/h4-11H,3,12-14H2,1-2H3,(H,22,26)(H,23,25)/p+1. The molecular formula is C20H25ClN3O2+. The maximum Gasteiger partial charge on any atom is 0.275 e. The summed E-state index contributed by atoms with van der Waals surface area (Å²) in [6, 6.07) is 15.2. The molecule has 0 saturated carbocycles. The minimum absolute atomic E-state index is 0.0404. The predicted molar refractivity (Wildman–Crippen MR) is 104 cm³/mol. The summed E-state index contributed by atoms with van der Waals surface area (Å²) < 4.78 is 0. The van der Waals surface area contributed by atoms with Crippen LogP contribution in [0.25, 0.3) is 0 Å². The molecule has 0 aliphatic carbocycles. The molecular weight excluding hydrogens is 350 g/mol. The summed E-state index contributed by atoms with van der Waals surface area (Å²) >= 11 is 5.97. The molecule has 5 nitrogen and oxygen atoms in total. The molecule has 3 N–H and O–H groups in total. The number of halogens is 1. The van der Waals surface area contributed by atoms with Crippen molar-refractivity contribution in [2.75, 3.05) is 25.5 Å². The van der Waals surface area contributed by atoms with E-state index in [1.807, 2.05) is 62.5 Å². The van der Waals surface area contributed by atoms with Gasteiger partial charge in [0.2, 0.25) is 5.91 Å². The molecule has 6 heteroatoms. The lowest BCUT2D eigenvalue weighted by Gasteiger charge is -2.14. The third-order valence-corrected chi connectivity index (χ3v) is 4.21. The first-order valence-corrected chi connectivity index (χ1v) is 9.06. The van der Waals surface area contributed by atoms with Crippen LogP contribution >= 0.6 is 11.6 Å². The number of nitrogens with one attached hydrogen (secondary N) is 3. The van der Waals surface area contributed by atoms with E-state index in [-0.39, 0.29) is 24.9 Å². The molecule has 0 fully saturated rings. The Bertz CT molecular complexity index is 764. The van der Waals surface area contributed by atoms with Gasteiger partial charge in [0.1, 0.15) is 6.54 Å². The molecule has 26 heavy (non-hydrogen) atoms. The van der Waals surface area contributed by atoms with Gasteiger partial charge in [-0.2, -0.15) is 0 Å². The Kier molecular flexibility index (Phi) is 7.63. The number of hydrogen-bond acceptors (Lipinski definition) is 2. The molecule has 2 rings (SSSR count). The fourth-order valence-electron chi connectivity index (χ4n) is 2.72. The van der Waals surface area contributed by atoms with Crippen molar-refractivity contribution in [2.24, 2.45) is 0 Å². The molecule has 2 aromatic rings. The smallest absolute Gasteiger partial charge is 0.275 e. The van der Waals surface area contributed by atoms with Gasteiger partial charge in [-0.25, -0.2) is 0 Å². The van der Waals surface area contributed by atoms with E-state index in [2.05, 4.69) is 10.6 Å². The van der Waals surface area contributed by atoms with Crippen LogP contribution in [-0.4, -0.2) is 32.0 Å². The Morgan fingerprint density at radius 1 is 1.08 bits per heavy atom. The quantitative estimate of drug-likeness (QED) is 0.658. The Hall–Kier alpha value is -2.37. The van der Waals surface area contributed by atoms with Gasteiger partial charge in [-0.05, 0) is 30.2 Å². The van der Waals surface area contributed by atoms with E-state index in [4.69, 9.17) is 11.6 Å². The Morgan fingerprint density at radius 3 is 2.58 bits per heavy atom. The number of hydrogen-bond donors (Lipinski definition) is 3. The van der Waals surface area contributed by atoms with Crippen LogP contribution in [0.15, 0.2) is 48.5 Å². The van der Waals surface area contributed by atoms with E-state index in [9.17, 15) is 9.59 Å². The second-order valence-electron chi connectivity index (χ2n) is 6.28. The zero-order chi connectivity index (χ0) is 18.9. The van der Waals surface area contributed by atoms with Crippen molar-refractivity contribution in [3.05, 3.63) is 64.7 Å². The lowest BCUT2D eigenvalue weighted by molar-refractivity contribution is -0.885. The highest BCUT2D eigenvalue weighted by molar-refractivity contribution is 6.30. The van der Waals surface area contributed by atoms with Gasteiger partial charge in [-0.15, -0.1) is 0 Å². The van der Waals surface area contributed by atoms with E-state index in [1.54, 1.807) is 0 Å². The average molecular weight is 375 g/mol. The second-order valence-corrected chi connectivity index (χ2v) is 6.71. The van der Waals surface area contributed by atoms with Crippen LogP contribution in [0.1, 0.15) is 18.1 Å². The third kappa shape index (κ3) is 6.50. The molecule has 0 saturated heterocycles. The van der Waals surface area contributed by atoms with Gasteiger partial charge >= 0.3 is 0 Å². The number of anilines is 1. The molecule has 138 valence electrons. The lowest BCUT2D eigenvalue weighted by Crippen LogP contribution is -3.08. The number of carbonyl (C=O) groups excluding carboxylic acids is 2. The zero-order valence-corrected chi connectivity index (χ0v) is 15.9. The summed E-state index contributed by atoms with van der Waals surface area (Å²) in [4.78, 5) is 25.1. The van der Waals surface area contributed by atoms with Crippen molar-refractivity contribution in [1.29, 1.82) is 0 Å². The number of carbonyl (C=O) groups is 2.